The van der Waals surface area contributed by atoms with Crippen LogP contribution in [0.5, 0.6) is 11.6 Å². The van der Waals surface area contributed by atoms with E-state index in [4.69, 9.17) is 9.47 Å². The number of benzene rings is 1. The number of aryl methyl sites for hydroxylation is 1. The molecule has 166 valence electrons. The highest BCUT2D eigenvalue weighted by Gasteiger charge is 2.31. The number of anilines is 1. The minimum Gasteiger partial charge on any atom is -0.497 e. The van der Waals surface area contributed by atoms with Gasteiger partial charge in [-0.2, -0.15) is 5.10 Å². The number of fused-ring (bicyclic) bond motifs is 1. The molecule has 5 rings (SSSR count). The Labute approximate surface area is 183 Å². The predicted molar refractivity (Wildman–Crippen MR) is 118 cm³/mol. The lowest BCUT2D eigenvalue weighted by Gasteiger charge is -2.43. The smallest absolute Gasteiger partial charge is 0.274 e. The number of piperidine rings is 1. The average Bonchev–Trinajstić information content (AvgIpc) is 3.28. The number of ether oxygens (including phenoxy) is 2. The molecule has 1 amide bonds. The standard InChI is InChI=1S/C23H31N5O3/c1-30-20-5-2-4-19(16-20)26-13-11-25(12-14-26)18-6-9-27(10-7-18)23(29)21-17-22-28(24-21)8-3-15-31-22/h2,4-5,16-18H,3,6-15H2,1H3. The number of rotatable bonds is 4. The van der Waals surface area contributed by atoms with Crippen LogP contribution in [0.25, 0.3) is 0 Å². The fourth-order valence-corrected chi connectivity index (χ4v) is 4.92. The van der Waals surface area contributed by atoms with Crippen LogP contribution in [0.4, 0.5) is 5.69 Å². The van der Waals surface area contributed by atoms with Gasteiger partial charge < -0.3 is 19.3 Å². The molecule has 0 spiro atoms. The fourth-order valence-electron chi connectivity index (χ4n) is 4.92. The van der Waals surface area contributed by atoms with Crippen LogP contribution >= 0.6 is 0 Å². The number of carbonyl (C=O) groups is 1. The van der Waals surface area contributed by atoms with Crippen molar-refractivity contribution in [2.24, 2.45) is 0 Å². The molecule has 8 nitrogen and oxygen atoms in total. The molecule has 0 saturated carbocycles. The topological polar surface area (TPSA) is 63.1 Å². The Morgan fingerprint density at radius 1 is 1.06 bits per heavy atom. The lowest BCUT2D eigenvalue weighted by molar-refractivity contribution is 0.0604. The summed E-state index contributed by atoms with van der Waals surface area (Å²) in [5.74, 6) is 1.66. The Bertz CT molecular complexity index is 890. The van der Waals surface area contributed by atoms with Gasteiger partial charge in [0.2, 0.25) is 5.88 Å². The Kier molecular flexibility index (Phi) is 5.72. The molecule has 3 aliphatic rings. The number of piperazine rings is 1. The second kappa shape index (κ2) is 8.78. The summed E-state index contributed by atoms with van der Waals surface area (Å²) in [6.45, 7) is 7.27. The molecule has 31 heavy (non-hydrogen) atoms. The van der Waals surface area contributed by atoms with Gasteiger partial charge in [0.05, 0.1) is 13.7 Å². The molecule has 4 heterocycles. The third kappa shape index (κ3) is 4.21. The molecule has 3 aliphatic heterocycles. The third-order valence-corrected chi connectivity index (χ3v) is 6.73. The minimum absolute atomic E-state index is 0.0341. The molecule has 1 aromatic heterocycles. The number of nitrogens with zero attached hydrogens (tertiary/aromatic N) is 5. The maximum absolute atomic E-state index is 12.9. The van der Waals surface area contributed by atoms with E-state index in [1.165, 1.54) is 5.69 Å². The van der Waals surface area contributed by atoms with E-state index in [0.29, 0.717) is 18.3 Å². The van der Waals surface area contributed by atoms with Gasteiger partial charge in [0.15, 0.2) is 5.69 Å². The van der Waals surface area contributed by atoms with Gasteiger partial charge in [0.1, 0.15) is 5.75 Å². The zero-order valence-electron chi connectivity index (χ0n) is 18.2. The number of aromatic nitrogens is 2. The predicted octanol–water partition coefficient (Wildman–Crippen LogP) is 2.10. The van der Waals surface area contributed by atoms with Crippen LogP contribution in [0.1, 0.15) is 29.8 Å². The Balaban J connectivity index is 1.12. The molecule has 0 N–H and O–H groups in total. The van der Waals surface area contributed by atoms with Gasteiger partial charge >= 0.3 is 0 Å². The zero-order chi connectivity index (χ0) is 21.2. The summed E-state index contributed by atoms with van der Waals surface area (Å²) >= 11 is 0. The van der Waals surface area contributed by atoms with Crippen LogP contribution in [0.2, 0.25) is 0 Å². The Morgan fingerprint density at radius 3 is 2.61 bits per heavy atom. The van der Waals surface area contributed by atoms with Gasteiger partial charge in [-0.05, 0) is 25.0 Å². The SMILES string of the molecule is COc1cccc(N2CCN(C3CCN(C(=O)c4cc5n(n4)CCCO5)CC3)CC2)c1. The highest BCUT2D eigenvalue weighted by molar-refractivity contribution is 5.92. The van der Waals surface area contributed by atoms with Crippen molar-refractivity contribution in [1.82, 2.24) is 19.6 Å². The van der Waals surface area contributed by atoms with Crippen molar-refractivity contribution >= 4 is 11.6 Å². The fraction of sp³-hybridized carbons (Fsp3) is 0.565. The summed E-state index contributed by atoms with van der Waals surface area (Å²) in [7, 11) is 1.71. The summed E-state index contributed by atoms with van der Waals surface area (Å²) in [6.07, 6.45) is 2.99. The van der Waals surface area contributed by atoms with Crippen LogP contribution in [0, 0.1) is 0 Å². The van der Waals surface area contributed by atoms with E-state index < -0.39 is 0 Å². The van der Waals surface area contributed by atoms with Gasteiger partial charge in [-0.3, -0.25) is 9.69 Å². The summed E-state index contributed by atoms with van der Waals surface area (Å²) in [5.41, 5.74) is 1.74. The monoisotopic (exact) mass is 425 g/mol. The van der Waals surface area contributed by atoms with E-state index in [-0.39, 0.29) is 5.91 Å². The maximum atomic E-state index is 12.9. The van der Waals surface area contributed by atoms with Gasteiger partial charge in [0, 0.05) is 76.1 Å². The summed E-state index contributed by atoms with van der Waals surface area (Å²) in [4.78, 5) is 19.9. The van der Waals surface area contributed by atoms with Crippen LogP contribution in [-0.4, -0.2) is 84.5 Å². The second-order valence-corrected chi connectivity index (χ2v) is 8.54. The van der Waals surface area contributed by atoms with Gasteiger partial charge in [0.25, 0.3) is 5.91 Å². The molecule has 0 radical (unpaired) electrons. The van der Waals surface area contributed by atoms with Crippen molar-refractivity contribution in [3.05, 3.63) is 36.0 Å². The number of methoxy groups -OCH3 is 1. The summed E-state index contributed by atoms with van der Waals surface area (Å²) in [6, 6.07) is 10.6. The molecular formula is C23H31N5O3. The largest absolute Gasteiger partial charge is 0.497 e. The van der Waals surface area contributed by atoms with Crippen molar-refractivity contribution in [3.8, 4) is 11.6 Å². The first kappa shape index (κ1) is 20.2. The van der Waals surface area contributed by atoms with E-state index in [1.807, 2.05) is 15.6 Å². The van der Waals surface area contributed by atoms with Crippen molar-refractivity contribution in [2.45, 2.75) is 31.8 Å². The molecule has 0 bridgehead atoms. The summed E-state index contributed by atoms with van der Waals surface area (Å²) < 4.78 is 12.8. The number of likely N-dealkylation sites (tertiary alicyclic amines) is 1. The number of carbonyl (C=O) groups excluding carboxylic acids is 1. The number of hydrogen-bond donors (Lipinski definition) is 0. The average molecular weight is 426 g/mol. The molecule has 1 aromatic carbocycles. The third-order valence-electron chi connectivity index (χ3n) is 6.73. The summed E-state index contributed by atoms with van der Waals surface area (Å²) in [5, 5.41) is 4.46. The van der Waals surface area contributed by atoms with Crippen LogP contribution in [-0.2, 0) is 6.54 Å². The number of hydrogen-bond acceptors (Lipinski definition) is 6. The van der Waals surface area contributed by atoms with E-state index in [2.05, 4.69) is 33.1 Å². The van der Waals surface area contributed by atoms with Crippen molar-refractivity contribution in [2.75, 3.05) is 57.9 Å². The van der Waals surface area contributed by atoms with Crippen molar-refractivity contribution in [3.63, 3.8) is 0 Å². The van der Waals surface area contributed by atoms with E-state index >= 15 is 0 Å². The lowest BCUT2D eigenvalue weighted by Crippen LogP contribution is -2.53. The highest BCUT2D eigenvalue weighted by atomic mass is 16.5. The normalized spacial score (nSPS) is 20.3. The van der Waals surface area contributed by atoms with E-state index in [1.54, 1.807) is 13.2 Å². The van der Waals surface area contributed by atoms with Crippen LogP contribution < -0.4 is 14.4 Å². The molecule has 0 atom stereocenters. The molecule has 0 unspecified atom stereocenters. The number of amides is 1. The molecule has 0 aliphatic carbocycles. The highest BCUT2D eigenvalue weighted by Crippen LogP contribution is 2.25. The quantitative estimate of drug-likeness (QED) is 0.748. The first-order valence-corrected chi connectivity index (χ1v) is 11.3. The first-order chi connectivity index (χ1) is 15.2. The molecule has 8 heteroatoms. The Morgan fingerprint density at radius 2 is 1.87 bits per heavy atom. The van der Waals surface area contributed by atoms with Crippen molar-refractivity contribution in [1.29, 1.82) is 0 Å². The van der Waals surface area contributed by atoms with Gasteiger partial charge in [-0.25, -0.2) is 4.68 Å². The first-order valence-electron chi connectivity index (χ1n) is 11.3. The maximum Gasteiger partial charge on any atom is 0.274 e. The van der Waals surface area contributed by atoms with Gasteiger partial charge in [-0.15, -0.1) is 0 Å². The van der Waals surface area contributed by atoms with E-state index in [9.17, 15) is 4.79 Å². The molecular weight excluding hydrogens is 394 g/mol. The molecule has 2 saturated heterocycles. The van der Waals surface area contributed by atoms with Gasteiger partial charge in [-0.1, -0.05) is 6.07 Å². The lowest BCUT2D eigenvalue weighted by atomic mass is 10.0. The molecule has 2 aromatic rings. The zero-order valence-corrected chi connectivity index (χ0v) is 18.2. The van der Waals surface area contributed by atoms with Crippen LogP contribution in [0.15, 0.2) is 30.3 Å². The Hall–Kier alpha value is -2.74. The second-order valence-electron chi connectivity index (χ2n) is 8.54. The molecule has 2 fully saturated rings. The van der Waals surface area contributed by atoms with Crippen LogP contribution in [0.3, 0.4) is 0 Å². The van der Waals surface area contributed by atoms with Crippen molar-refractivity contribution < 1.29 is 14.3 Å². The minimum atomic E-state index is 0.0341. The van der Waals surface area contributed by atoms with E-state index in [0.717, 1.165) is 76.7 Å².